The van der Waals surface area contributed by atoms with Crippen molar-refractivity contribution in [1.82, 2.24) is 19.7 Å². The highest BCUT2D eigenvalue weighted by Gasteiger charge is 2.20. The van der Waals surface area contributed by atoms with Crippen LogP contribution in [0.1, 0.15) is 33.1 Å². The molecule has 1 aliphatic heterocycles. The Bertz CT molecular complexity index is 914. The molecule has 0 atom stereocenters. The maximum Gasteiger partial charge on any atom is 0.253 e. The number of aromatic nitrogens is 4. The van der Waals surface area contributed by atoms with Crippen LogP contribution in [0.25, 0.3) is 16.9 Å². The van der Waals surface area contributed by atoms with Gasteiger partial charge < -0.3 is 9.80 Å². The Balaban J connectivity index is 1.90. The molecule has 0 saturated carbocycles. The number of nitrogens with zero attached hydrogens (tertiary/aromatic N) is 6. The average Bonchev–Trinajstić information content (AvgIpc) is 3.23. The first-order chi connectivity index (χ1) is 13.2. The van der Waals surface area contributed by atoms with Crippen LogP contribution in [0.5, 0.6) is 0 Å². The van der Waals surface area contributed by atoms with Gasteiger partial charge in [-0.05, 0) is 45.2 Å². The highest BCUT2D eigenvalue weighted by molar-refractivity contribution is 5.93. The zero-order chi connectivity index (χ0) is 18.8. The molecule has 0 unspecified atom stereocenters. The van der Waals surface area contributed by atoms with Crippen LogP contribution in [-0.2, 0) is 0 Å². The van der Waals surface area contributed by atoms with E-state index in [1.54, 1.807) is 23.1 Å². The Kier molecular flexibility index (Phi) is 4.92. The Morgan fingerprint density at radius 1 is 1.07 bits per heavy atom. The van der Waals surface area contributed by atoms with Gasteiger partial charge in [0.2, 0.25) is 0 Å². The molecule has 1 aromatic carbocycles. The van der Waals surface area contributed by atoms with Crippen molar-refractivity contribution in [3.8, 4) is 5.95 Å². The first kappa shape index (κ1) is 17.7. The molecule has 1 fully saturated rings. The average molecular weight is 368 g/mol. The Morgan fingerprint density at radius 3 is 2.52 bits per heavy atom. The summed E-state index contributed by atoms with van der Waals surface area (Å²) in [6.07, 6.45) is 6.91. The topological polar surface area (TPSA) is 50.1 Å². The number of rotatable bonds is 5. The number of hydrogen-bond acceptors (Lipinski definition) is 5. The lowest BCUT2D eigenvalue weighted by molar-refractivity contribution is 0.557. The summed E-state index contributed by atoms with van der Waals surface area (Å²) in [5, 5.41) is 5.12. The summed E-state index contributed by atoms with van der Waals surface area (Å²) >= 11 is 0. The van der Waals surface area contributed by atoms with Crippen molar-refractivity contribution in [2.24, 2.45) is 0 Å². The van der Waals surface area contributed by atoms with Crippen molar-refractivity contribution in [1.29, 1.82) is 0 Å². The van der Waals surface area contributed by atoms with Gasteiger partial charge in [-0.2, -0.15) is 10.1 Å². The second-order valence-electron chi connectivity index (χ2n) is 6.84. The summed E-state index contributed by atoms with van der Waals surface area (Å²) < 4.78 is 16.6. The fraction of sp³-hybridized carbons (Fsp3) is 0.450. The van der Waals surface area contributed by atoms with Gasteiger partial charge in [0.15, 0.2) is 0 Å². The van der Waals surface area contributed by atoms with Gasteiger partial charge in [0.05, 0.1) is 11.2 Å². The van der Waals surface area contributed by atoms with Crippen molar-refractivity contribution in [3.05, 3.63) is 36.4 Å². The van der Waals surface area contributed by atoms with E-state index in [0.717, 1.165) is 50.2 Å². The maximum absolute atomic E-state index is 14.9. The lowest BCUT2D eigenvalue weighted by atomic mass is 10.1. The minimum atomic E-state index is -0.222. The van der Waals surface area contributed by atoms with Gasteiger partial charge >= 0.3 is 0 Å². The predicted octanol–water partition coefficient (Wildman–Crippen LogP) is 3.79. The van der Waals surface area contributed by atoms with E-state index in [-0.39, 0.29) is 5.82 Å². The van der Waals surface area contributed by atoms with Gasteiger partial charge in [-0.15, -0.1) is 0 Å². The third-order valence-electron chi connectivity index (χ3n) is 5.20. The van der Waals surface area contributed by atoms with Gasteiger partial charge in [-0.25, -0.2) is 14.1 Å². The van der Waals surface area contributed by atoms with E-state index in [0.29, 0.717) is 17.2 Å². The normalized spacial score (nSPS) is 14.7. The molecular formula is C20H25FN6. The molecule has 0 aliphatic carbocycles. The van der Waals surface area contributed by atoms with E-state index in [9.17, 15) is 4.39 Å². The molecule has 142 valence electrons. The van der Waals surface area contributed by atoms with Gasteiger partial charge in [-0.3, -0.25) is 0 Å². The van der Waals surface area contributed by atoms with Gasteiger partial charge in [0, 0.05) is 50.0 Å². The van der Waals surface area contributed by atoms with Crippen LogP contribution < -0.4 is 9.80 Å². The first-order valence-electron chi connectivity index (χ1n) is 9.72. The van der Waals surface area contributed by atoms with Crippen LogP contribution in [-0.4, -0.2) is 45.9 Å². The molecule has 1 aliphatic rings. The molecule has 27 heavy (non-hydrogen) atoms. The molecule has 3 heterocycles. The minimum absolute atomic E-state index is 0.222. The molecule has 0 spiro atoms. The standard InChI is InChI=1S/C20H25FN6/c1-3-25(4-2)19-15-13-18(26-10-6-5-7-11-26)16(21)14-17(15)23-20(24-19)27-12-8-9-22-27/h8-9,12-14H,3-7,10-11H2,1-2H3. The summed E-state index contributed by atoms with van der Waals surface area (Å²) in [7, 11) is 0. The minimum Gasteiger partial charge on any atom is -0.369 e. The molecule has 2 aromatic heterocycles. The first-order valence-corrected chi connectivity index (χ1v) is 9.72. The number of halogens is 1. The second kappa shape index (κ2) is 7.50. The molecule has 1 saturated heterocycles. The van der Waals surface area contributed by atoms with Crippen LogP contribution in [0.2, 0.25) is 0 Å². The summed E-state index contributed by atoms with van der Waals surface area (Å²) in [4.78, 5) is 13.7. The summed E-state index contributed by atoms with van der Waals surface area (Å²) in [6.45, 7) is 7.62. The van der Waals surface area contributed by atoms with E-state index < -0.39 is 0 Å². The van der Waals surface area contributed by atoms with Crippen LogP contribution in [0.3, 0.4) is 0 Å². The summed E-state index contributed by atoms with van der Waals surface area (Å²) in [5.41, 5.74) is 1.27. The highest BCUT2D eigenvalue weighted by atomic mass is 19.1. The highest BCUT2D eigenvalue weighted by Crippen LogP contribution is 2.32. The lowest BCUT2D eigenvalue weighted by Crippen LogP contribution is -2.30. The number of piperidine rings is 1. The smallest absolute Gasteiger partial charge is 0.253 e. The van der Waals surface area contributed by atoms with E-state index in [1.165, 1.54) is 6.42 Å². The number of anilines is 2. The van der Waals surface area contributed by atoms with Crippen molar-refractivity contribution in [2.75, 3.05) is 36.0 Å². The number of fused-ring (bicyclic) bond motifs is 1. The largest absolute Gasteiger partial charge is 0.369 e. The Morgan fingerprint density at radius 2 is 1.85 bits per heavy atom. The molecule has 4 rings (SSSR count). The fourth-order valence-corrected chi connectivity index (χ4v) is 3.74. The molecule has 0 bridgehead atoms. The van der Waals surface area contributed by atoms with Crippen LogP contribution in [0, 0.1) is 5.82 Å². The Labute approximate surface area is 158 Å². The monoisotopic (exact) mass is 368 g/mol. The summed E-state index contributed by atoms with van der Waals surface area (Å²) in [6, 6.07) is 5.29. The molecule has 6 nitrogen and oxygen atoms in total. The van der Waals surface area contributed by atoms with E-state index >= 15 is 0 Å². The molecule has 7 heteroatoms. The number of benzene rings is 1. The number of hydrogen-bond donors (Lipinski definition) is 0. The maximum atomic E-state index is 14.9. The molecule has 0 N–H and O–H groups in total. The summed E-state index contributed by atoms with van der Waals surface area (Å²) in [5.74, 6) is 1.06. The van der Waals surface area contributed by atoms with Crippen molar-refractivity contribution >= 4 is 22.4 Å². The van der Waals surface area contributed by atoms with Crippen LogP contribution in [0.15, 0.2) is 30.6 Å². The molecule has 3 aromatic rings. The third-order valence-corrected chi connectivity index (χ3v) is 5.20. The van der Waals surface area contributed by atoms with Crippen molar-refractivity contribution < 1.29 is 4.39 Å². The molecule has 0 amide bonds. The van der Waals surface area contributed by atoms with Crippen molar-refractivity contribution in [3.63, 3.8) is 0 Å². The van der Waals surface area contributed by atoms with Gasteiger partial charge in [-0.1, -0.05) is 0 Å². The zero-order valence-corrected chi connectivity index (χ0v) is 15.9. The molecule has 0 radical (unpaired) electrons. The van der Waals surface area contributed by atoms with Crippen LogP contribution in [0.4, 0.5) is 15.9 Å². The van der Waals surface area contributed by atoms with E-state index in [1.807, 2.05) is 12.1 Å². The second-order valence-corrected chi connectivity index (χ2v) is 6.84. The zero-order valence-electron chi connectivity index (χ0n) is 15.9. The predicted molar refractivity (Wildman–Crippen MR) is 106 cm³/mol. The van der Waals surface area contributed by atoms with E-state index in [2.05, 4.69) is 33.7 Å². The van der Waals surface area contributed by atoms with Gasteiger partial charge in [0.25, 0.3) is 5.95 Å². The SMILES string of the molecule is CCN(CC)c1nc(-n2cccn2)nc2cc(F)c(N3CCCCC3)cc12. The Hall–Kier alpha value is -2.70. The third kappa shape index (κ3) is 3.34. The van der Waals surface area contributed by atoms with Crippen molar-refractivity contribution in [2.45, 2.75) is 33.1 Å². The quantitative estimate of drug-likeness (QED) is 0.686. The van der Waals surface area contributed by atoms with E-state index in [4.69, 9.17) is 4.98 Å². The van der Waals surface area contributed by atoms with Gasteiger partial charge in [0.1, 0.15) is 11.6 Å². The fourth-order valence-electron chi connectivity index (χ4n) is 3.74. The molecular weight excluding hydrogens is 343 g/mol. The van der Waals surface area contributed by atoms with Crippen LogP contribution >= 0.6 is 0 Å². The lowest BCUT2D eigenvalue weighted by Gasteiger charge is -2.30.